The zero-order valence-corrected chi connectivity index (χ0v) is 12.1. The highest BCUT2D eigenvalue weighted by Crippen LogP contribution is 2.26. The third-order valence-electron chi connectivity index (χ3n) is 4.30. The van der Waals surface area contributed by atoms with E-state index in [4.69, 9.17) is 4.74 Å². The van der Waals surface area contributed by atoms with Crippen molar-refractivity contribution in [1.29, 1.82) is 0 Å². The van der Waals surface area contributed by atoms with E-state index in [1.807, 2.05) is 0 Å². The Morgan fingerprint density at radius 1 is 1.38 bits per heavy atom. The summed E-state index contributed by atoms with van der Waals surface area (Å²) in [6, 6.07) is 7.14. The zero-order valence-electron chi connectivity index (χ0n) is 12.1. The number of halogens is 1. The van der Waals surface area contributed by atoms with Crippen molar-refractivity contribution >= 4 is 5.91 Å². The number of hydrogen-bond donors (Lipinski definition) is 2. The summed E-state index contributed by atoms with van der Waals surface area (Å²) < 4.78 is 18.6. The Kier molecular flexibility index (Phi) is 4.10. The number of benzene rings is 1. The molecule has 2 aliphatic rings. The van der Waals surface area contributed by atoms with Crippen LogP contribution in [0.5, 0.6) is 5.75 Å². The van der Waals surface area contributed by atoms with Crippen molar-refractivity contribution in [2.24, 2.45) is 0 Å². The quantitative estimate of drug-likeness (QED) is 0.892. The Morgan fingerprint density at radius 3 is 2.76 bits per heavy atom. The predicted octanol–water partition coefficient (Wildman–Crippen LogP) is 1.99. The van der Waals surface area contributed by atoms with Crippen LogP contribution in [0.25, 0.3) is 0 Å². The summed E-state index contributed by atoms with van der Waals surface area (Å²) in [7, 11) is 0. The molecule has 2 heterocycles. The van der Waals surface area contributed by atoms with Gasteiger partial charge >= 0.3 is 0 Å². The molecule has 5 heteroatoms. The highest BCUT2D eigenvalue weighted by molar-refractivity contribution is 5.81. The van der Waals surface area contributed by atoms with Crippen LogP contribution in [0.4, 0.5) is 4.39 Å². The van der Waals surface area contributed by atoms with E-state index >= 15 is 0 Å². The lowest BCUT2D eigenvalue weighted by Crippen LogP contribution is -2.50. The minimum atomic E-state index is -0.626. The van der Waals surface area contributed by atoms with E-state index in [0.29, 0.717) is 17.8 Å². The van der Waals surface area contributed by atoms with Gasteiger partial charge in [0.05, 0.1) is 0 Å². The Labute approximate surface area is 124 Å². The molecule has 1 aromatic carbocycles. The van der Waals surface area contributed by atoms with Gasteiger partial charge in [-0.1, -0.05) is 6.07 Å². The molecule has 114 valence electrons. The van der Waals surface area contributed by atoms with Gasteiger partial charge in [-0.3, -0.25) is 4.79 Å². The summed E-state index contributed by atoms with van der Waals surface area (Å²) in [5.41, 5.74) is 0. The fraction of sp³-hybridized carbons (Fsp3) is 0.562. The standard InChI is InChI=1S/C16H21FN2O2/c1-10(21-15-4-2-3-11(17)7-15)16(20)19-14-8-12-5-6-13(9-14)18-12/h2-4,7,10,12-14,18H,5-6,8-9H2,1H3,(H,19,20). The maximum atomic E-state index is 13.1. The summed E-state index contributed by atoms with van der Waals surface area (Å²) in [6.45, 7) is 1.69. The van der Waals surface area contributed by atoms with Gasteiger partial charge in [0.2, 0.25) is 0 Å². The molecule has 0 radical (unpaired) electrons. The van der Waals surface area contributed by atoms with Crippen LogP contribution in [0.3, 0.4) is 0 Å². The predicted molar refractivity (Wildman–Crippen MR) is 77.6 cm³/mol. The Balaban J connectivity index is 1.53. The molecule has 21 heavy (non-hydrogen) atoms. The van der Waals surface area contributed by atoms with Crippen LogP contribution in [-0.4, -0.2) is 30.1 Å². The number of piperidine rings is 1. The Morgan fingerprint density at radius 2 is 2.10 bits per heavy atom. The fourth-order valence-corrected chi connectivity index (χ4v) is 3.29. The maximum absolute atomic E-state index is 13.1. The lowest BCUT2D eigenvalue weighted by Gasteiger charge is -2.30. The summed E-state index contributed by atoms with van der Waals surface area (Å²) in [4.78, 5) is 12.2. The van der Waals surface area contributed by atoms with E-state index in [0.717, 1.165) is 12.8 Å². The van der Waals surface area contributed by atoms with Gasteiger partial charge in [-0.2, -0.15) is 0 Å². The van der Waals surface area contributed by atoms with Crippen molar-refractivity contribution in [2.45, 2.75) is 56.8 Å². The molecule has 4 nitrogen and oxygen atoms in total. The van der Waals surface area contributed by atoms with Crippen molar-refractivity contribution in [2.75, 3.05) is 0 Å². The van der Waals surface area contributed by atoms with Crippen LogP contribution in [0.1, 0.15) is 32.6 Å². The third kappa shape index (κ3) is 3.53. The molecule has 2 fully saturated rings. The number of fused-ring (bicyclic) bond motifs is 2. The molecule has 2 aliphatic heterocycles. The van der Waals surface area contributed by atoms with Gasteiger partial charge in [-0.25, -0.2) is 4.39 Å². The summed E-state index contributed by atoms with van der Waals surface area (Å²) in [5.74, 6) is -0.122. The fourth-order valence-electron chi connectivity index (χ4n) is 3.29. The van der Waals surface area contributed by atoms with Crippen LogP contribution in [0.15, 0.2) is 24.3 Å². The highest BCUT2D eigenvalue weighted by Gasteiger charge is 2.34. The number of ether oxygens (including phenoxy) is 1. The number of carbonyl (C=O) groups excluding carboxylic acids is 1. The van der Waals surface area contributed by atoms with Gasteiger partial charge in [0, 0.05) is 24.2 Å². The number of carbonyl (C=O) groups is 1. The molecule has 2 saturated heterocycles. The van der Waals surface area contributed by atoms with Crippen LogP contribution in [0, 0.1) is 5.82 Å². The molecule has 0 saturated carbocycles. The van der Waals surface area contributed by atoms with Gasteiger partial charge < -0.3 is 15.4 Å². The monoisotopic (exact) mass is 292 g/mol. The lowest BCUT2D eigenvalue weighted by atomic mass is 9.99. The molecular weight excluding hydrogens is 271 g/mol. The van der Waals surface area contributed by atoms with Crippen molar-refractivity contribution in [3.63, 3.8) is 0 Å². The Hall–Kier alpha value is -1.62. The molecule has 2 N–H and O–H groups in total. The van der Waals surface area contributed by atoms with E-state index in [1.54, 1.807) is 19.1 Å². The van der Waals surface area contributed by atoms with E-state index in [2.05, 4.69) is 10.6 Å². The number of amides is 1. The average Bonchev–Trinajstić information content (AvgIpc) is 2.78. The number of nitrogens with one attached hydrogen (secondary N) is 2. The molecular formula is C16H21FN2O2. The lowest BCUT2D eigenvalue weighted by molar-refractivity contribution is -0.128. The van der Waals surface area contributed by atoms with Gasteiger partial charge in [0.15, 0.2) is 6.10 Å². The molecule has 0 aromatic heterocycles. The third-order valence-corrected chi connectivity index (χ3v) is 4.30. The molecule has 3 rings (SSSR count). The first-order valence-corrected chi connectivity index (χ1v) is 7.59. The molecule has 3 unspecified atom stereocenters. The van der Waals surface area contributed by atoms with Gasteiger partial charge in [0.1, 0.15) is 11.6 Å². The average molecular weight is 292 g/mol. The largest absolute Gasteiger partial charge is 0.481 e. The zero-order chi connectivity index (χ0) is 14.8. The first-order valence-electron chi connectivity index (χ1n) is 7.59. The van der Waals surface area contributed by atoms with E-state index in [-0.39, 0.29) is 17.8 Å². The van der Waals surface area contributed by atoms with E-state index in [1.165, 1.54) is 25.0 Å². The molecule has 3 atom stereocenters. The van der Waals surface area contributed by atoms with Gasteiger partial charge in [-0.15, -0.1) is 0 Å². The molecule has 1 aromatic rings. The number of rotatable bonds is 4. The van der Waals surface area contributed by atoms with Crippen LogP contribution in [0.2, 0.25) is 0 Å². The Bertz CT molecular complexity index is 511. The van der Waals surface area contributed by atoms with E-state index < -0.39 is 6.10 Å². The first kappa shape index (κ1) is 14.3. The number of hydrogen-bond acceptors (Lipinski definition) is 3. The first-order chi connectivity index (χ1) is 10.1. The minimum absolute atomic E-state index is 0.134. The molecule has 1 amide bonds. The summed E-state index contributed by atoms with van der Waals surface area (Å²) in [5, 5.41) is 6.60. The van der Waals surface area contributed by atoms with Crippen molar-refractivity contribution in [3.8, 4) is 5.75 Å². The van der Waals surface area contributed by atoms with Crippen LogP contribution < -0.4 is 15.4 Å². The van der Waals surface area contributed by atoms with Crippen molar-refractivity contribution in [3.05, 3.63) is 30.1 Å². The van der Waals surface area contributed by atoms with Crippen LogP contribution >= 0.6 is 0 Å². The van der Waals surface area contributed by atoms with Crippen molar-refractivity contribution < 1.29 is 13.9 Å². The smallest absolute Gasteiger partial charge is 0.260 e. The summed E-state index contributed by atoms with van der Waals surface area (Å²) >= 11 is 0. The maximum Gasteiger partial charge on any atom is 0.260 e. The second-order valence-electron chi connectivity index (χ2n) is 6.03. The topological polar surface area (TPSA) is 50.4 Å². The summed E-state index contributed by atoms with van der Waals surface area (Å²) in [6.07, 6.45) is 3.74. The van der Waals surface area contributed by atoms with E-state index in [9.17, 15) is 9.18 Å². The van der Waals surface area contributed by atoms with Gasteiger partial charge in [0.25, 0.3) is 5.91 Å². The normalized spacial score (nSPS) is 29.0. The van der Waals surface area contributed by atoms with Crippen molar-refractivity contribution in [1.82, 2.24) is 10.6 Å². The highest BCUT2D eigenvalue weighted by atomic mass is 19.1. The molecule has 0 spiro atoms. The second-order valence-corrected chi connectivity index (χ2v) is 6.03. The van der Waals surface area contributed by atoms with Gasteiger partial charge in [-0.05, 0) is 44.7 Å². The molecule has 0 aliphatic carbocycles. The minimum Gasteiger partial charge on any atom is -0.481 e. The SMILES string of the molecule is CC(Oc1cccc(F)c1)C(=O)NC1CC2CCC(C1)N2. The second kappa shape index (κ2) is 6.02. The van der Waals surface area contributed by atoms with Crippen LogP contribution in [-0.2, 0) is 4.79 Å². The molecule has 2 bridgehead atoms.